The molecule has 0 saturated carbocycles. The first-order valence-electron chi connectivity index (χ1n) is 19.9. The summed E-state index contributed by atoms with van der Waals surface area (Å²) >= 11 is 0. The molecule has 0 heterocycles. The van der Waals surface area contributed by atoms with Crippen LogP contribution in [-0.2, 0) is 19.1 Å². The van der Waals surface area contributed by atoms with E-state index >= 15 is 0 Å². The van der Waals surface area contributed by atoms with Crippen LogP contribution in [0.15, 0.2) is 97.2 Å². The number of carboxylic acid groups (broad SMARTS) is 1. The van der Waals surface area contributed by atoms with Gasteiger partial charge in [0.15, 0.2) is 0 Å². The van der Waals surface area contributed by atoms with Crippen molar-refractivity contribution in [2.75, 3.05) is 6.54 Å². The Kier molecular flexibility index (Phi) is 36.3. The molecule has 0 fully saturated rings. The monoisotopic (exact) mass is 706 g/mol. The highest BCUT2D eigenvalue weighted by atomic mass is 16.5. The topological polar surface area (TPSA) is 92.7 Å². The molecule has 1 atom stereocenters. The molecule has 2 N–H and O–H groups in total. The number of ether oxygens (including phenoxy) is 1. The summed E-state index contributed by atoms with van der Waals surface area (Å²) in [4.78, 5) is 34.9. The van der Waals surface area contributed by atoms with Gasteiger partial charge in [-0.3, -0.25) is 14.4 Å². The molecular weight excluding hydrogens is 634 g/mol. The van der Waals surface area contributed by atoms with Gasteiger partial charge in [-0.15, -0.1) is 0 Å². The summed E-state index contributed by atoms with van der Waals surface area (Å²) in [5, 5.41) is 11.1. The van der Waals surface area contributed by atoms with Crippen LogP contribution < -0.4 is 5.32 Å². The summed E-state index contributed by atoms with van der Waals surface area (Å²) < 4.78 is 5.85. The number of amides is 1. The molecule has 0 aliphatic heterocycles. The molecule has 1 unspecified atom stereocenters. The van der Waals surface area contributed by atoms with Gasteiger partial charge < -0.3 is 15.2 Å². The van der Waals surface area contributed by atoms with Crippen LogP contribution in [0.2, 0.25) is 0 Å². The molecule has 0 rings (SSSR count). The number of carboxylic acids is 1. The molecule has 0 spiro atoms. The minimum absolute atomic E-state index is 0.144. The van der Waals surface area contributed by atoms with Gasteiger partial charge in [0.2, 0.25) is 5.91 Å². The Morgan fingerprint density at radius 3 is 1.57 bits per heavy atom. The molecule has 1 amide bonds. The first-order chi connectivity index (χ1) is 25.0. The first kappa shape index (κ1) is 47.3. The zero-order chi connectivity index (χ0) is 37.3. The lowest BCUT2D eigenvalue weighted by molar-refractivity contribution is -0.147. The van der Waals surface area contributed by atoms with Gasteiger partial charge in [-0.05, 0) is 102 Å². The fraction of sp³-hybridized carbons (Fsp3) is 0.578. The van der Waals surface area contributed by atoms with Crippen LogP contribution in [0, 0.1) is 0 Å². The highest BCUT2D eigenvalue weighted by molar-refractivity contribution is 5.80. The first-order valence-corrected chi connectivity index (χ1v) is 19.9. The Bertz CT molecular complexity index is 1090. The second kappa shape index (κ2) is 39.1. The number of aliphatic carboxylic acids is 1. The molecule has 0 aromatic rings. The van der Waals surface area contributed by atoms with E-state index in [0.29, 0.717) is 19.3 Å². The maximum atomic E-state index is 12.6. The van der Waals surface area contributed by atoms with Gasteiger partial charge in [-0.25, -0.2) is 0 Å². The zero-order valence-electron chi connectivity index (χ0n) is 32.2. The Hall–Kier alpha value is -3.67. The van der Waals surface area contributed by atoms with E-state index in [2.05, 4.69) is 110 Å². The zero-order valence-corrected chi connectivity index (χ0v) is 32.2. The van der Waals surface area contributed by atoms with Gasteiger partial charge in [-0.2, -0.15) is 0 Å². The maximum Gasteiger partial charge on any atom is 0.322 e. The molecule has 0 bridgehead atoms. The summed E-state index contributed by atoms with van der Waals surface area (Å²) in [5.74, 6) is -1.41. The van der Waals surface area contributed by atoms with E-state index in [1.54, 1.807) is 0 Å². The van der Waals surface area contributed by atoms with Crippen molar-refractivity contribution >= 4 is 17.8 Å². The number of carbonyl (C=O) groups excluding carboxylic acids is 2. The van der Waals surface area contributed by atoms with Gasteiger partial charge in [0.1, 0.15) is 12.6 Å². The molecular formula is C45H71NO5. The van der Waals surface area contributed by atoms with Crippen LogP contribution in [0.25, 0.3) is 0 Å². The van der Waals surface area contributed by atoms with Crippen molar-refractivity contribution < 1.29 is 24.2 Å². The van der Waals surface area contributed by atoms with E-state index in [1.165, 1.54) is 25.7 Å². The van der Waals surface area contributed by atoms with Crippen molar-refractivity contribution in [2.24, 2.45) is 0 Å². The number of rotatable bonds is 34. The van der Waals surface area contributed by atoms with Crippen LogP contribution in [-0.4, -0.2) is 35.6 Å². The van der Waals surface area contributed by atoms with Crippen LogP contribution in [0.5, 0.6) is 0 Å². The van der Waals surface area contributed by atoms with Crippen molar-refractivity contribution in [3.8, 4) is 0 Å². The third-order valence-electron chi connectivity index (χ3n) is 7.97. The Balaban J connectivity index is 4.28. The third kappa shape index (κ3) is 39.0. The van der Waals surface area contributed by atoms with Crippen LogP contribution in [0.3, 0.4) is 0 Å². The van der Waals surface area contributed by atoms with E-state index in [9.17, 15) is 14.4 Å². The molecule has 0 radical (unpaired) electrons. The van der Waals surface area contributed by atoms with Crippen LogP contribution in [0.4, 0.5) is 0 Å². The largest absolute Gasteiger partial charge is 0.480 e. The number of unbranched alkanes of at least 4 members (excludes halogenated alkanes) is 9. The van der Waals surface area contributed by atoms with Crippen molar-refractivity contribution in [2.45, 2.75) is 161 Å². The van der Waals surface area contributed by atoms with Crippen molar-refractivity contribution in [3.05, 3.63) is 97.2 Å². The molecule has 0 aliphatic carbocycles. The van der Waals surface area contributed by atoms with Crippen molar-refractivity contribution in [1.82, 2.24) is 5.32 Å². The lowest BCUT2D eigenvalue weighted by Crippen LogP contribution is -2.28. The Morgan fingerprint density at radius 1 is 0.549 bits per heavy atom. The lowest BCUT2D eigenvalue weighted by Gasteiger charge is -2.14. The summed E-state index contributed by atoms with van der Waals surface area (Å²) in [7, 11) is 0. The number of allylic oxidation sites excluding steroid dienone is 15. The molecule has 0 saturated heterocycles. The van der Waals surface area contributed by atoms with E-state index in [0.717, 1.165) is 96.3 Å². The van der Waals surface area contributed by atoms with E-state index in [-0.39, 0.29) is 24.5 Å². The smallest absolute Gasteiger partial charge is 0.322 e. The van der Waals surface area contributed by atoms with Gasteiger partial charge in [0.25, 0.3) is 0 Å². The van der Waals surface area contributed by atoms with Crippen molar-refractivity contribution in [3.63, 3.8) is 0 Å². The Labute approximate surface area is 311 Å². The second-order valence-corrected chi connectivity index (χ2v) is 12.8. The standard InChI is InChI=1S/C45H71NO5/c1-3-5-7-9-11-13-14-15-16-17-18-19-20-21-22-23-24-26-28-30-36-40-45(50)51-42(37-33-29-27-25-12-10-8-6-4-2)38-34-31-32-35-39-43(47)46-41-44(48)49/h5,7,11,13,15-16,18-19,21-22,24-27,33,37,42H,3-4,6,8-10,12,14,17,20,23,28-32,34-36,38-41H2,1-2H3,(H,46,47)(H,48,49)/b7-5-,13-11-,16-15-,19-18-,22-21-,26-24-,27-25-,37-33-. The quantitative estimate of drug-likeness (QED) is 0.0395. The summed E-state index contributed by atoms with van der Waals surface area (Å²) in [5.41, 5.74) is 0. The summed E-state index contributed by atoms with van der Waals surface area (Å²) in [6.45, 7) is 4.04. The summed E-state index contributed by atoms with van der Waals surface area (Å²) in [6, 6.07) is 0. The number of nitrogens with one attached hydrogen (secondary N) is 1. The molecule has 286 valence electrons. The molecule has 6 heteroatoms. The number of hydrogen-bond acceptors (Lipinski definition) is 4. The van der Waals surface area contributed by atoms with E-state index in [4.69, 9.17) is 9.84 Å². The fourth-order valence-corrected chi connectivity index (χ4v) is 5.05. The lowest BCUT2D eigenvalue weighted by atomic mass is 10.1. The average molecular weight is 706 g/mol. The average Bonchev–Trinajstić information content (AvgIpc) is 3.11. The minimum Gasteiger partial charge on any atom is -0.480 e. The van der Waals surface area contributed by atoms with Gasteiger partial charge in [-0.1, -0.05) is 137 Å². The van der Waals surface area contributed by atoms with Gasteiger partial charge in [0, 0.05) is 12.8 Å². The highest BCUT2D eigenvalue weighted by Crippen LogP contribution is 2.14. The normalized spacial score (nSPS) is 13.1. The molecule has 0 aliphatic rings. The molecule has 0 aromatic carbocycles. The number of hydrogen-bond donors (Lipinski definition) is 2. The van der Waals surface area contributed by atoms with Crippen molar-refractivity contribution in [1.29, 1.82) is 0 Å². The van der Waals surface area contributed by atoms with Crippen LogP contribution in [0.1, 0.15) is 155 Å². The highest BCUT2D eigenvalue weighted by Gasteiger charge is 2.11. The van der Waals surface area contributed by atoms with Gasteiger partial charge >= 0.3 is 11.9 Å². The van der Waals surface area contributed by atoms with Crippen LogP contribution >= 0.6 is 0 Å². The third-order valence-corrected chi connectivity index (χ3v) is 7.97. The fourth-order valence-electron chi connectivity index (χ4n) is 5.05. The summed E-state index contributed by atoms with van der Waals surface area (Å²) in [6.07, 6.45) is 55.4. The SMILES string of the molecule is CC/C=C\C/C=C\C/C=C\C/C=C\C/C=C\C/C=C\CCCCC(=O)OC(/C=C\C/C=C\CCCCCC)CCCCCCC(=O)NCC(=O)O. The number of carbonyl (C=O) groups is 3. The Morgan fingerprint density at radius 2 is 1.02 bits per heavy atom. The predicted octanol–water partition coefficient (Wildman–Crippen LogP) is 12.2. The second-order valence-electron chi connectivity index (χ2n) is 12.8. The minimum atomic E-state index is -1.04. The molecule has 51 heavy (non-hydrogen) atoms. The molecule has 6 nitrogen and oxygen atoms in total. The maximum absolute atomic E-state index is 12.6. The number of esters is 1. The van der Waals surface area contributed by atoms with E-state index < -0.39 is 5.97 Å². The van der Waals surface area contributed by atoms with E-state index in [1.807, 2.05) is 6.08 Å². The molecule has 0 aromatic heterocycles. The predicted molar refractivity (Wildman–Crippen MR) is 217 cm³/mol. The van der Waals surface area contributed by atoms with Gasteiger partial charge in [0.05, 0.1) is 0 Å².